The molecule has 2 unspecified atom stereocenters. The molecule has 4 nitrogen and oxygen atoms in total. The van der Waals surface area contributed by atoms with Crippen molar-refractivity contribution in [3.05, 3.63) is 0 Å². The maximum absolute atomic E-state index is 11.0. The van der Waals surface area contributed by atoms with E-state index in [1.54, 1.807) is 0 Å². The number of rotatable bonds is 4. The summed E-state index contributed by atoms with van der Waals surface area (Å²) in [5.41, 5.74) is 5.27. The number of carbonyl (C=O) groups is 1. The molecule has 0 aromatic rings. The van der Waals surface area contributed by atoms with Gasteiger partial charge in [-0.25, -0.2) is 0 Å². The summed E-state index contributed by atoms with van der Waals surface area (Å²) in [4.78, 5) is 11.0. The summed E-state index contributed by atoms with van der Waals surface area (Å²) in [7, 11) is 0. The summed E-state index contributed by atoms with van der Waals surface area (Å²) in [6, 6.07) is 0.0617. The number of nitrogens with two attached hydrogens (primary N) is 1. The second kappa shape index (κ2) is 4.58. The van der Waals surface area contributed by atoms with Crippen LogP contribution in [-0.4, -0.2) is 31.2 Å². The molecule has 1 aliphatic heterocycles. The Balaban J connectivity index is 2.41. The van der Waals surface area contributed by atoms with Gasteiger partial charge < -0.3 is 15.8 Å². The van der Waals surface area contributed by atoms with Crippen molar-refractivity contribution in [1.29, 1.82) is 0 Å². The lowest BCUT2D eigenvalue weighted by Crippen LogP contribution is -2.49. The number of hydrogen-bond donors (Lipinski definition) is 2. The van der Waals surface area contributed by atoms with E-state index < -0.39 is 0 Å². The Morgan fingerprint density at radius 2 is 2.31 bits per heavy atom. The molecular formula is C9H18N2O2. The molecule has 1 saturated heterocycles. The summed E-state index contributed by atoms with van der Waals surface area (Å²) >= 11 is 0. The van der Waals surface area contributed by atoms with Crippen LogP contribution in [-0.2, 0) is 9.53 Å². The number of amides is 1. The van der Waals surface area contributed by atoms with Gasteiger partial charge in [0.15, 0.2) is 0 Å². The van der Waals surface area contributed by atoms with Crippen molar-refractivity contribution in [2.75, 3.05) is 13.2 Å². The fourth-order valence-corrected chi connectivity index (χ4v) is 1.52. The van der Waals surface area contributed by atoms with E-state index >= 15 is 0 Å². The highest BCUT2D eigenvalue weighted by atomic mass is 16.5. The van der Waals surface area contributed by atoms with Crippen LogP contribution in [0.3, 0.4) is 0 Å². The van der Waals surface area contributed by atoms with Crippen LogP contribution in [0, 0.1) is 5.92 Å². The minimum atomic E-state index is -0.276. The summed E-state index contributed by atoms with van der Waals surface area (Å²) < 4.78 is 5.20. The van der Waals surface area contributed by atoms with Crippen LogP contribution >= 0.6 is 0 Å². The molecule has 1 fully saturated rings. The van der Waals surface area contributed by atoms with E-state index in [1.807, 2.05) is 13.8 Å². The third-order valence-corrected chi connectivity index (χ3v) is 2.32. The summed E-state index contributed by atoms with van der Waals surface area (Å²) in [6.07, 6.45) is 0.969. The van der Waals surface area contributed by atoms with Crippen LogP contribution < -0.4 is 11.1 Å². The van der Waals surface area contributed by atoms with Crippen molar-refractivity contribution in [2.45, 2.75) is 32.4 Å². The smallest absolute Gasteiger partial charge is 0.234 e. The van der Waals surface area contributed by atoms with E-state index in [-0.39, 0.29) is 17.9 Å². The molecule has 3 N–H and O–H groups in total. The van der Waals surface area contributed by atoms with Gasteiger partial charge in [-0.05, 0) is 12.3 Å². The molecule has 0 saturated carbocycles. The van der Waals surface area contributed by atoms with Crippen LogP contribution in [0.15, 0.2) is 0 Å². The Morgan fingerprint density at radius 1 is 1.62 bits per heavy atom. The number of nitrogens with one attached hydrogen (secondary N) is 1. The van der Waals surface area contributed by atoms with Gasteiger partial charge in [0.1, 0.15) is 0 Å². The first-order valence-corrected chi connectivity index (χ1v) is 4.74. The van der Waals surface area contributed by atoms with Crippen LogP contribution in [0.5, 0.6) is 0 Å². The van der Waals surface area contributed by atoms with Gasteiger partial charge in [-0.3, -0.25) is 4.79 Å². The zero-order chi connectivity index (χ0) is 9.84. The molecule has 2 atom stereocenters. The predicted molar refractivity (Wildman–Crippen MR) is 50.2 cm³/mol. The molecule has 1 rings (SSSR count). The van der Waals surface area contributed by atoms with E-state index in [4.69, 9.17) is 10.5 Å². The average molecular weight is 186 g/mol. The minimum Gasteiger partial charge on any atom is -0.380 e. The molecule has 0 aromatic carbocycles. The molecule has 1 aliphatic rings. The summed E-state index contributed by atoms with van der Waals surface area (Å²) in [6.45, 7) is 5.44. The molecular weight excluding hydrogens is 168 g/mol. The van der Waals surface area contributed by atoms with Crippen molar-refractivity contribution in [2.24, 2.45) is 11.7 Å². The quantitative estimate of drug-likeness (QED) is 0.643. The zero-order valence-electron chi connectivity index (χ0n) is 8.25. The third-order valence-electron chi connectivity index (χ3n) is 2.32. The Morgan fingerprint density at radius 3 is 2.69 bits per heavy atom. The number of ether oxygens (including phenoxy) is 1. The standard InChI is InChI=1S/C9H18N2O2/c1-6(2)8(9(10)12)11-7-3-4-13-5-7/h6-8,11H,3-5H2,1-2H3,(H2,10,12). The lowest BCUT2D eigenvalue weighted by atomic mass is 10.0. The van der Waals surface area contributed by atoms with Crippen molar-refractivity contribution < 1.29 is 9.53 Å². The van der Waals surface area contributed by atoms with Gasteiger partial charge >= 0.3 is 0 Å². The highest BCUT2D eigenvalue weighted by Crippen LogP contribution is 2.08. The normalized spacial score (nSPS) is 25.0. The van der Waals surface area contributed by atoms with Crippen LogP contribution in [0.25, 0.3) is 0 Å². The van der Waals surface area contributed by atoms with E-state index in [0.29, 0.717) is 12.6 Å². The Labute approximate surface area is 78.8 Å². The lowest BCUT2D eigenvalue weighted by molar-refractivity contribution is -0.121. The van der Waals surface area contributed by atoms with Gasteiger partial charge in [-0.2, -0.15) is 0 Å². The molecule has 0 bridgehead atoms. The molecule has 0 spiro atoms. The van der Waals surface area contributed by atoms with Gasteiger partial charge in [0, 0.05) is 12.6 Å². The summed E-state index contributed by atoms with van der Waals surface area (Å²) in [5, 5.41) is 3.22. The number of carbonyl (C=O) groups excluding carboxylic acids is 1. The Kier molecular flexibility index (Phi) is 3.69. The molecule has 1 heterocycles. The Bertz CT molecular complexity index is 176. The SMILES string of the molecule is CC(C)C(NC1CCOC1)C(N)=O. The predicted octanol–water partition coefficient (Wildman–Crippen LogP) is -0.125. The first-order chi connectivity index (χ1) is 6.11. The van der Waals surface area contributed by atoms with Gasteiger partial charge in [0.05, 0.1) is 12.6 Å². The molecule has 0 aliphatic carbocycles. The topological polar surface area (TPSA) is 64.3 Å². The first-order valence-electron chi connectivity index (χ1n) is 4.74. The monoisotopic (exact) mass is 186 g/mol. The second-order valence-electron chi connectivity index (χ2n) is 3.85. The highest BCUT2D eigenvalue weighted by Gasteiger charge is 2.24. The average Bonchev–Trinajstić information content (AvgIpc) is 2.50. The molecule has 1 amide bonds. The molecule has 0 radical (unpaired) electrons. The van der Waals surface area contributed by atoms with E-state index in [1.165, 1.54) is 0 Å². The summed E-state index contributed by atoms with van der Waals surface area (Å²) in [5.74, 6) is -0.0417. The van der Waals surface area contributed by atoms with E-state index in [0.717, 1.165) is 13.0 Å². The largest absolute Gasteiger partial charge is 0.380 e. The maximum atomic E-state index is 11.0. The fraction of sp³-hybridized carbons (Fsp3) is 0.889. The van der Waals surface area contributed by atoms with Gasteiger partial charge in [0.2, 0.25) is 5.91 Å². The van der Waals surface area contributed by atoms with Crippen LogP contribution in [0.4, 0.5) is 0 Å². The Hall–Kier alpha value is -0.610. The molecule has 0 aromatic heterocycles. The minimum absolute atomic E-state index is 0.230. The number of primary amides is 1. The second-order valence-corrected chi connectivity index (χ2v) is 3.85. The number of hydrogen-bond acceptors (Lipinski definition) is 3. The van der Waals surface area contributed by atoms with Crippen molar-refractivity contribution in [3.8, 4) is 0 Å². The first kappa shape index (κ1) is 10.5. The van der Waals surface area contributed by atoms with Gasteiger partial charge in [-0.1, -0.05) is 13.8 Å². The van der Waals surface area contributed by atoms with Gasteiger partial charge in [0.25, 0.3) is 0 Å². The third kappa shape index (κ3) is 2.97. The molecule has 13 heavy (non-hydrogen) atoms. The molecule has 4 heteroatoms. The van der Waals surface area contributed by atoms with Crippen LogP contribution in [0.2, 0.25) is 0 Å². The van der Waals surface area contributed by atoms with Crippen molar-refractivity contribution >= 4 is 5.91 Å². The zero-order valence-corrected chi connectivity index (χ0v) is 8.25. The molecule has 76 valence electrons. The van der Waals surface area contributed by atoms with Gasteiger partial charge in [-0.15, -0.1) is 0 Å². The van der Waals surface area contributed by atoms with Crippen molar-refractivity contribution in [1.82, 2.24) is 5.32 Å². The van der Waals surface area contributed by atoms with Crippen molar-refractivity contribution in [3.63, 3.8) is 0 Å². The highest BCUT2D eigenvalue weighted by molar-refractivity contribution is 5.80. The maximum Gasteiger partial charge on any atom is 0.234 e. The van der Waals surface area contributed by atoms with Crippen LogP contribution in [0.1, 0.15) is 20.3 Å². The van der Waals surface area contributed by atoms with E-state index in [9.17, 15) is 4.79 Å². The lowest BCUT2D eigenvalue weighted by Gasteiger charge is -2.22. The van der Waals surface area contributed by atoms with E-state index in [2.05, 4.69) is 5.32 Å². The fourth-order valence-electron chi connectivity index (χ4n) is 1.52.